The predicted octanol–water partition coefficient (Wildman–Crippen LogP) is 3.62. The molecule has 0 spiro atoms. The molecule has 0 fully saturated rings. The largest absolute Gasteiger partial charge is 0.481 e. The second kappa shape index (κ2) is 16.6. The molecule has 0 aliphatic rings. The van der Waals surface area contributed by atoms with Gasteiger partial charge in [-0.3, -0.25) is 4.79 Å². The summed E-state index contributed by atoms with van der Waals surface area (Å²) in [6.45, 7) is 9.69. The molecule has 2 N–H and O–H groups in total. The highest BCUT2D eigenvalue weighted by molar-refractivity contribution is 8.04. The second-order valence-corrected chi connectivity index (χ2v) is 9.52. The highest BCUT2D eigenvalue weighted by atomic mass is 32.2. The molecule has 4 nitrogen and oxygen atoms in total. The first-order valence-electron chi connectivity index (χ1n) is 8.38. The summed E-state index contributed by atoms with van der Waals surface area (Å²) in [5.74, 6) is 6.26. The average Bonchev–Trinajstić information content (AvgIpc) is 2.52. The van der Waals surface area contributed by atoms with E-state index < -0.39 is 5.97 Å². The summed E-state index contributed by atoms with van der Waals surface area (Å²) in [7, 11) is 0. The summed E-state index contributed by atoms with van der Waals surface area (Å²) in [5, 5.41) is 11.7. The van der Waals surface area contributed by atoms with Gasteiger partial charge in [-0.2, -0.15) is 35.3 Å². The molecule has 24 heavy (non-hydrogen) atoms. The summed E-state index contributed by atoms with van der Waals surface area (Å²) >= 11 is 5.96. The van der Waals surface area contributed by atoms with Crippen LogP contribution in [-0.4, -0.2) is 70.9 Å². The molecule has 0 radical (unpaired) electrons. The van der Waals surface area contributed by atoms with Crippen LogP contribution >= 0.6 is 35.3 Å². The molecule has 142 valence electrons. The first-order valence-corrected chi connectivity index (χ1v) is 11.8. The van der Waals surface area contributed by atoms with Gasteiger partial charge in [0.05, 0.1) is 18.6 Å². The molecular formula is C17H33NO3S3. The van der Waals surface area contributed by atoms with Gasteiger partial charge in [-0.25, -0.2) is 0 Å². The second-order valence-electron chi connectivity index (χ2n) is 5.84. The maximum absolute atomic E-state index is 10.4. The molecule has 0 aromatic carbocycles. The van der Waals surface area contributed by atoms with Crippen molar-refractivity contribution in [3.8, 4) is 0 Å². The number of hydrogen-bond donors (Lipinski definition) is 2. The molecule has 0 bridgehead atoms. The van der Waals surface area contributed by atoms with Gasteiger partial charge in [0.2, 0.25) is 0 Å². The van der Waals surface area contributed by atoms with Crippen molar-refractivity contribution in [2.75, 3.05) is 54.2 Å². The van der Waals surface area contributed by atoms with Crippen LogP contribution in [0.3, 0.4) is 0 Å². The Morgan fingerprint density at radius 2 is 1.71 bits per heavy atom. The van der Waals surface area contributed by atoms with Crippen molar-refractivity contribution >= 4 is 41.3 Å². The van der Waals surface area contributed by atoms with Crippen molar-refractivity contribution in [1.29, 1.82) is 0 Å². The number of carboxylic acid groups (broad SMARTS) is 1. The summed E-state index contributed by atoms with van der Waals surface area (Å²) < 4.78 is 5.87. The number of rotatable bonds is 18. The molecule has 0 aromatic rings. The van der Waals surface area contributed by atoms with Gasteiger partial charge in [0, 0.05) is 41.9 Å². The van der Waals surface area contributed by atoms with Gasteiger partial charge in [0.15, 0.2) is 0 Å². The van der Waals surface area contributed by atoms with E-state index in [-0.39, 0.29) is 12.0 Å². The fourth-order valence-corrected chi connectivity index (χ4v) is 4.75. The van der Waals surface area contributed by atoms with Gasteiger partial charge in [-0.05, 0) is 26.0 Å². The van der Waals surface area contributed by atoms with Crippen molar-refractivity contribution < 1.29 is 14.6 Å². The monoisotopic (exact) mass is 395 g/mol. The fourth-order valence-electron chi connectivity index (χ4n) is 1.72. The van der Waals surface area contributed by atoms with E-state index in [4.69, 9.17) is 9.84 Å². The number of aliphatic carboxylic acids is 1. The van der Waals surface area contributed by atoms with Crippen LogP contribution in [0.4, 0.5) is 0 Å². The molecular weight excluding hydrogens is 362 g/mol. The molecule has 0 aliphatic carbocycles. The van der Waals surface area contributed by atoms with E-state index in [1.54, 1.807) is 0 Å². The number of hydrogen-bond acceptors (Lipinski definition) is 6. The third-order valence-corrected chi connectivity index (χ3v) is 6.46. The van der Waals surface area contributed by atoms with Gasteiger partial charge in [0.1, 0.15) is 0 Å². The van der Waals surface area contributed by atoms with Gasteiger partial charge < -0.3 is 15.2 Å². The van der Waals surface area contributed by atoms with E-state index in [1.807, 2.05) is 55.2 Å². The Morgan fingerprint density at radius 3 is 2.29 bits per heavy atom. The standard InChI is InChI=1S/C17H33NO3S3/c1-4-5-9-22-11-13-24-14-12-23-10-8-21-17(2,3)15-18-7-6-16(19)20/h4,18H,1,5-15H2,2-3H3,(H,19,20). The van der Waals surface area contributed by atoms with Crippen LogP contribution in [-0.2, 0) is 9.53 Å². The summed E-state index contributed by atoms with van der Waals surface area (Å²) in [6, 6.07) is 0. The molecule has 0 rings (SSSR count). The average molecular weight is 396 g/mol. The Bertz CT molecular complexity index is 328. The van der Waals surface area contributed by atoms with Crippen LogP contribution in [0, 0.1) is 0 Å². The van der Waals surface area contributed by atoms with Gasteiger partial charge in [-0.1, -0.05) is 6.08 Å². The molecule has 0 aliphatic heterocycles. The van der Waals surface area contributed by atoms with E-state index in [2.05, 4.69) is 11.9 Å². The minimum absolute atomic E-state index is 0.149. The van der Waals surface area contributed by atoms with E-state index in [1.165, 1.54) is 28.8 Å². The Balaban J connectivity index is 3.32. The summed E-state index contributed by atoms with van der Waals surface area (Å²) in [4.78, 5) is 10.4. The maximum atomic E-state index is 10.4. The minimum Gasteiger partial charge on any atom is -0.481 e. The topological polar surface area (TPSA) is 58.6 Å². The SMILES string of the molecule is C=CCCSCCSCCSCCOC(C)(C)CNCCC(=O)O. The van der Waals surface area contributed by atoms with Gasteiger partial charge >= 0.3 is 5.97 Å². The van der Waals surface area contributed by atoms with Crippen LogP contribution in [0.2, 0.25) is 0 Å². The zero-order chi connectivity index (χ0) is 18.1. The summed E-state index contributed by atoms with van der Waals surface area (Å²) in [6.07, 6.45) is 3.24. The number of allylic oxidation sites excluding steroid dienone is 1. The smallest absolute Gasteiger partial charge is 0.304 e. The maximum Gasteiger partial charge on any atom is 0.304 e. The molecule has 0 saturated heterocycles. The van der Waals surface area contributed by atoms with Crippen LogP contribution in [0.15, 0.2) is 12.7 Å². The minimum atomic E-state index is -0.772. The molecule has 7 heteroatoms. The Morgan fingerprint density at radius 1 is 1.12 bits per heavy atom. The van der Waals surface area contributed by atoms with E-state index >= 15 is 0 Å². The third-order valence-electron chi connectivity index (χ3n) is 3.00. The van der Waals surface area contributed by atoms with E-state index in [9.17, 15) is 4.79 Å². The Labute approximate surface area is 160 Å². The molecule has 0 amide bonds. The van der Waals surface area contributed by atoms with E-state index in [0.29, 0.717) is 13.1 Å². The zero-order valence-corrected chi connectivity index (χ0v) is 17.5. The van der Waals surface area contributed by atoms with Gasteiger partial charge in [0.25, 0.3) is 0 Å². The highest BCUT2D eigenvalue weighted by Crippen LogP contribution is 2.12. The lowest BCUT2D eigenvalue weighted by molar-refractivity contribution is -0.136. The van der Waals surface area contributed by atoms with Gasteiger partial charge in [-0.15, -0.1) is 6.58 Å². The number of thioether (sulfide) groups is 3. The lowest BCUT2D eigenvalue weighted by Gasteiger charge is -2.25. The first-order chi connectivity index (χ1) is 11.5. The van der Waals surface area contributed by atoms with Crippen LogP contribution in [0.25, 0.3) is 0 Å². The Kier molecular flexibility index (Phi) is 16.8. The molecule has 0 saturated carbocycles. The molecule has 0 aromatic heterocycles. The third kappa shape index (κ3) is 18.5. The molecule has 0 heterocycles. The van der Waals surface area contributed by atoms with E-state index in [0.717, 1.165) is 18.8 Å². The van der Waals surface area contributed by atoms with Crippen molar-refractivity contribution in [3.05, 3.63) is 12.7 Å². The quantitative estimate of drug-likeness (QED) is 0.271. The number of carboxylic acids is 1. The zero-order valence-electron chi connectivity index (χ0n) is 15.1. The molecule has 0 atom stereocenters. The number of ether oxygens (including phenoxy) is 1. The van der Waals surface area contributed by atoms with Crippen LogP contribution < -0.4 is 5.32 Å². The molecule has 0 unspecified atom stereocenters. The Hall–Kier alpha value is 0.180. The van der Waals surface area contributed by atoms with Crippen molar-refractivity contribution in [3.63, 3.8) is 0 Å². The van der Waals surface area contributed by atoms with Crippen molar-refractivity contribution in [1.82, 2.24) is 5.32 Å². The summed E-state index contributed by atoms with van der Waals surface area (Å²) in [5.41, 5.74) is -0.253. The normalized spacial score (nSPS) is 11.6. The van der Waals surface area contributed by atoms with Crippen LogP contribution in [0.5, 0.6) is 0 Å². The fraction of sp³-hybridized carbons (Fsp3) is 0.824. The predicted molar refractivity (Wildman–Crippen MR) is 112 cm³/mol. The first kappa shape index (κ1) is 24.2. The number of nitrogens with one attached hydrogen (secondary N) is 1. The highest BCUT2D eigenvalue weighted by Gasteiger charge is 2.17. The van der Waals surface area contributed by atoms with Crippen molar-refractivity contribution in [2.24, 2.45) is 0 Å². The van der Waals surface area contributed by atoms with Crippen molar-refractivity contribution in [2.45, 2.75) is 32.3 Å². The number of carbonyl (C=O) groups is 1. The van der Waals surface area contributed by atoms with Crippen LogP contribution in [0.1, 0.15) is 26.7 Å². The lowest BCUT2D eigenvalue weighted by atomic mass is 10.1. The lowest BCUT2D eigenvalue weighted by Crippen LogP contribution is -2.39.